The Bertz CT molecular complexity index is 898. The van der Waals surface area contributed by atoms with Gasteiger partial charge < -0.3 is 15.4 Å². The molecular formula is C20H22F2N2O3S. The fraction of sp³-hybridized carbons (Fsp3) is 0.400. The Balaban J connectivity index is 1.66. The van der Waals surface area contributed by atoms with Gasteiger partial charge in [0.2, 0.25) is 5.91 Å². The monoisotopic (exact) mass is 408 g/mol. The molecule has 0 bridgehead atoms. The van der Waals surface area contributed by atoms with Gasteiger partial charge in [0, 0.05) is 22.5 Å². The van der Waals surface area contributed by atoms with Gasteiger partial charge in [0.05, 0.1) is 18.7 Å². The lowest BCUT2D eigenvalue weighted by Crippen LogP contribution is -2.30. The predicted molar refractivity (Wildman–Crippen MR) is 104 cm³/mol. The molecule has 5 nitrogen and oxygen atoms in total. The number of thiophene rings is 1. The van der Waals surface area contributed by atoms with Gasteiger partial charge in [0.15, 0.2) is 0 Å². The highest BCUT2D eigenvalue weighted by Crippen LogP contribution is 2.39. The zero-order chi connectivity index (χ0) is 20.3. The Labute approximate surface area is 166 Å². The van der Waals surface area contributed by atoms with Crippen molar-refractivity contribution in [2.45, 2.75) is 39.2 Å². The molecule has 1 amide bonds. The normalized spacial score (nSPS) is 13.9. The molecule has 2 aromatic rings. The van der Waals surface area contributed by atoms with E-state index in [1.807, 2.05) is 0 Å². The fourth-order valence-electron chi connectivity index (χ4n) is 3.29. The summed E-state index contributed by atoms with van der Waals surface area (Å²) < 4.78 is 32.0. The Morgan fingerprint density at radius 3 is 2.79 bits per heavy atom. The first-order valence-corrected chi connectivity index (χ1v) is 10.0. The summed E-state index contributed by atoms with van der Waals surface area (Å²) in [5.41, 5.74) is 1.69. The van der Waals surface area contributed by atoms with Gasteiger partial charge in [-0.3, -0.25) is 4.79 Å². The van der Waals surface area contributed by atoms with Crippen LogP contribution in [0.2, 0.25) is 0 Å². The van der Waals surface area contributed by atoms with Crippen LogP contribution in [-0.4, -0.2) is 25.0 Å². The zero-order valence-electron chi connectivity index (χ0n) is 15.7. The first-order chi connectivity index (χ1) is 13.4. The molecule has 3 rings (SSSR count). The second-order valence-electron chi connectivity index (χ2n) is 6.60. The largest absolute Gasteiger partial charge is 0.462 e. The Morgan fingerprint density at radius 2 is 2.07 bits per heavy atom. The van der Waals surface area contributed by atoms with E-state index in [-0.39, 0.29) is 24.6 Å². The van der Waals surface area contributed by atoms with Gasteiger partial charge >= 0.3 is 5.97 Å². The predicted octanol–water partition coefficient (Wildman–Crippen LogP) is 3.98. The molecule has 0 saturated carbocycles. The summed E-state index contributed by atoms with van der Waals surface area (Å²) in [6, 6.07) is 2.86. The molecule has 1 atom stereocenters. The molecule has 1 aromatic heterocycles. The number of aryl methyl sites for hydroxylation is 1. The van der Waals surface area contributed by atoms with Gasteiger partial charge in [-0.15, -0.1) is 11.3 Å². The molecule has 1 aromatic carbocycles. The van der Waals surface area contributed by atoms with Gasteiger partial charge in [-0.1, -0.05) is 6.07 Å². The van der Waals surface area contributed by atoms with Crippen LogP contribution in [0.3, 0.4) is 0 Å². The van der Waals surface area contributed by atoms with Crippen LogP contribution in [0.25, 0.3) is 0 Å². The minimum atomic E-state index is -0.667. The molecule has 1 aliphatic rings. The van der Waals surface area contributed by atoms with Crippen molar-refractivity contribution in [2.24, 2.45) is 0 Å². The van der Waals surface area contributed by atoms with Crippen molar-refractivity contribution in [1.82, 2.24) is 5.32 Å². The zero-order valence-corrected chi connectivity index (χ0v) is 16.6. The number of nitrogens with one attached hydrogen (secondary N) is 2. The highest BCUT2D eigenvalue weighted by atomic mass is 32.1. The SMILES string of the molecule is CCOC(=O)c1c(NC(=O)CN[C@H](C)c2ccc(F)cc2F)sc2c1CCC2. The third-order valence-corrected chi connectivity index (χ3v) is 5.86. The van der Waals surface area contributed by atoms with Gasteiger partial charge in [0.25, 0.3) is 0 Å². The molecule has 0 unspecified atom stereocenters. The van der Waals surface area contributed by atoms with Crippen LogP contribution in [0.5, 0.6) is 0 Å². The number of carbonyl (C=O) groups excluding carboxylic acids is 2. The summed E-state index contributed by atoms with van der Waals surface area (Å²) in [6.45, 7) is 3.61. The quantitative estimate of drug-likeness (QED) is 0.680. The van der Waals surface area contributed by atoms with Crippen molar-refractivity contribution < 1.29 is 23.1 Å². The molecule has 0 spiro atoms. The number of benzene rings is 1. The average Bonchev–Trinajstić information content (AvgIpc) is 3.20. The van der Waals surface area contributed by atoms with Crippen molar-refractivity contribution in [3.8, 4) is 0 Å². The number of carbonyl (C=O) groups is 2. The van der Waals surface area contributed by atoms with E-state index in [9.17, 15) is 18.4 Å². The van der Waals surface area contributed by atoms with Crippen LogP contribution in [0.1, 0.15) is 52.7 Å². The molecule has 0 aliphatic heterocycles. The van der Waals surface area contributed by atoms with E-state index < -0.39 is 23.6 Å². The van der Waals surface area contributed by atoms with Crippen molar-refractivity contribution >= 4 is 28.2 Å². The van der Waals surface area contributed by atoms with E-state index in [0.717, 1.165) is 35.8 Å². The minimum absolute atomic E-state index is 0.0805. The number of rotatable bonds is 7. The van der Waals surface area contributed by atoms with Crippen LogP contribution in [0.4, 0.5) is 13.8 Å². The number of fused-ring (bicyclic) bond motifs is 1. The minimum Gasteiger partial charge on any atom is -0.462 e. The van der Waals surface area contributed by atoms with Gasteiger partial charge in [-0.05, 0) is 44.7 Å². The van der Waals surface area contributed by atoms with Crippen molar-refractivity contribution in [3.05, 3.63) is 51.4 Å². The molecule has 2 N–H and O–H groups in total. The van der Waals surface area contributed by atoms with Crippen molar-refractivity contribution in [3.63, 3.8) is 0 Å². The summed E-state index contributed by atoms with van der Waals surface area (Å²) in [5, 5.41) is 6.18. The first kappa shape index (κ1) is 20.4. The lowest BCUT2D eigenvalue weighted by Gasteiger charge is -2.15. The molecule has 0 saturated heterocycles. The highest BCUT2D eigenvalue weighted by molar-refractivity contribution is 7.17. The molecule has 0 radical (unpaired) electrons. The van der Waals surface area contributed by atoms with Crippen LogP contribution < -0.4 is 10.6 Å². The number of hydrogen-bond donors (Lipinski definition) is 2. The lowest BCUT2D eigenvalue weighted by atomic mass is 10.1. The molecule has 8 heteroatoms. The van der Waals surface area contributed by atoms with E-state index >= 15 is 0 Å². The maximum Gasteiger partial charge on any atom is 0.341 e. The molecule has 150 valence electrons. The topological polar surface area (TPSA) is 67.4 Å². The molecule has 28 heavy (non-hydrogen) atoms. The van der Waals surface area contributed by atoms with E-state index in [1.54, 1.807) is 13.8 Å². The van der Waals surface area contributed by atoms with Gasteiger partial charge in [-0.25, -0.2) is 13.6 Å². The number of esters is 1. The van der Waals surface area contributed by atoms with E-state index in [1.165, 1.54) is 23.5 Å². The van der Waals surface area contributed by atoms with E-state index in [0.29, 0.717) is 10.6 Å². The smallest absolute Gasteiger partial charge is 0.341 e. The number of halogens is 2. The molecular weight excluding hydrogens is 386 g/mol. The van der Waals surface area contributed by atoms with Crippen LogP contribution in [0, 0.1) is 11.6 Å². The van der Waals surface area contributed by atoms with Crippen LogP contribution in [-0.2, 0) is 22.4 Å². The molecule has 1 aliphatic carbocycles. The number of anilines is 1. The summed E-state index contributed by atoms with van der Waals surface area (Å²) in [4.78, 5) is 25.8. The van der Waals surface area contributed by atoms with E-state index in [2.05, 4.69) is 10.6 Å². The third-order valence-electron chi connectivity index (χ3n) is 4.65. The second-order valence-corrected chi connectivity index (χ2v) is 7.70. The Hall–Kier alpha value is -2.32. The number of ether oxygens (including phenoxy) is 1. The highest BCUT2D eigenvalue weighted by Gasteiger charge is 2.28. The number of hydrogen-bond acceptors (Lipinski definition) is 5. The van der Waals surface area contributed by atoms with Crippen molar-refractivity contribution in [2.75, 3.05) is 18.5 Å². The Kier molecular flexibility index (Phi) is 6.41. The maximum atomic E-state index is 13.8. The average molecular weight is 408 g/mol. The Morgan fingerprint density at radius 1 is 1.29 bits per heavy atom. The summed E-state index contributed by atoms with van der Waals surface area (Å²) >= 11 is 1.40. The molecule has 1 heterocycles. The fourth-order valence-corrected chi connectivity index (χ4v) is 4.58. The lowest BCUT2D eigenvalue weighted by molar-refractivity contribution is -0.115. The van der Waals surface area contributed by atoms with Crippen LogP contribution >= 0.6 is 11.3 Å². The summed E-state index contributed by atoms with van der Waals surface area (Å²) in [6.07, 6.45) is 2.68. The summed E-state index contributed by atoms with van der Waals surface area (Å²) in [7, 11) is 0. The van der Waals surface area contributed by atoms with Gasteiger partial charge in [-0.2, -0.15) is 0 Å². The first-order valence-electron chi connectivity index (χ1n) is 9.20. The maximum absolute atomic E-state index is 13.8. The number of amides is 1. The van der Waals surface area contributed by atoms with E-state index in [4.69, 9.17) is 4.74 Å². The molecule has 0 fully saturated rings. The standard InChI is InChI=1S/C20H22F2N2O3S/c1-3-27-20(26)18-14-5-4-6-16(14)28-19(18)24-17(25)10-23-11(2)13-8-7-12(21)9-15(13)22/h7-9,11,23H,3-6,10H2,1-2H3,(H,24,25)/t11-/m1/s1. The van der Waals surface area contributed by atoms with Crippen molar-refractivity contribution in [1.29, 1.82) is 0 Å². The van der Waals surface area contributed by atoms with Gasteiger partial charge in [0.1, 0.15) is 16.6 Å². The van der Waals surface area contributed by atoms with Crippen LogP contribution in [0.15, 0.2) is 18.2 Å². The summed E-state index contributed by atoms with van der Waals surface area (Å²) in [5.74, 6) is -2.09. The second kappa shape index (κ2) is 8.79. The third kappa shape index (κ3) is 4.39.